The predicted octanol–water partition coefficient (Wildman–Crippen LogP) is 2.40. The molecule has 2 rings (SSSR count). The number of anilines is 1. The Bertz CT molecular complexity index is 461. The smallest absolute Gasteiger partial charge is 0.288 e. The number of thioether (sulfide) groups is 1. The fourth-order valence-electron chi connectivity index (χ4n) is 2.59. The summed E-state index contributed by atoms with van der Waals surface area (Å²) in [5.74, 6) is -2.44. The van der Waals surface area contributed by atoms with Crippen molar-refractivity contribution in [2.24, 2.45) is 0 Å². The summed E-state index contributed by atoms with van der Waals surface area (Å²) in [7, 11) is 0. The highest BCUT2D eigenvalue weighted by Crippen LogP contribution is 2.26. The third-order valence-corrected chi connectivity index (χ3v) is 4.57. The molecule has 0 unspecified atom stereocenters. The number of nitrogens with one attached hydrogen (secondary N) is 2. The molecule has 1 aliphatic heterocycles. The summed E-state index contributed by atoms with van der Waals surface area (Å²) in [6.07, 6.45) is 3.60. The third kappa shape index (κ3) is 4.97. The number of piperidine rings is 1. The Morgan fingerprint density at radius 1 is 1.19 bits per heavy atom. The maximum Gasteiger partial charge on any atom is 0.288 e. The maximum absolute atomic E-state index is 12.2. The summed E-state index contributed by atoms with van der Waals surface area (Å²) in [5.41, 5.74) is 0.655. The predicted molar refractivity (Wildman–Crippen MR) is 80.9 cm³/mol. The van der Waals surface area contributed by atoms with Crippen LogP contribution in [0.2, 0.25) is 0 Å². The zero-order chi connectivity index (χ0) is 15.2. The fourth-order valence-corrected chi connectivity index (χ4v) is 3.09. The number of halogens is 2. The molecule has 0 aromatic heterocycles. The van der Waals surface area contributed by atoms with Crippen LogP contribution in [0, 0.1) is 0 Å². The molecular weight excluding hydrogens is 294 g/mol. The van der Waals surface area contributed by atoms with Gasteiger partial charge in [0.25, 0.3) is 11.7 Å². The van der Waals surface area contributed by atoms with Crippen LogP contribution in [-0.2, 0) is 4.79 Å². The number of hydrogen-bond donors (Lipinski definition) is 2. The first-order chi connectivity index (χ1) is 10.1. The second kappa shape index (κ2) is 7.75. The van der Waals surface area contributed by atoms with Gasteiger partial charge in [0.1, 0.15) is 0 Å². The Labute approximate surface area is 128 Å². The summed E-state index contributed by atoms with van der Waals surface area (Å²) >= 11 is 0.505. The number of amides is 1. The lowest BCUT2D eigenvalue weighted by atomic mass is 10.1. The summed E-state index contributed by atoms with van der Waals surface area (Å²) in [5, 5.41) is 2.86. The van der Waals surface area contributed by atoms with Gasteiger partial charge in [0.05, 0.1) is 13.1 Å². The molecule has 0 spiro atoms. The molecular formula is C15H21F2N2OS+. The van der Waals surface area contributed by atoms with Crippen LogP contribution in [-0.4, -0.2) is 30.8 Å². The fraction of sp³-hybridized carbons (Fsp3) is 0.533. The standard InChI is InChI=1S/C15H20F2N2OS/c1-11(19-9-3-2-4-10-19)14(20)18-12-5-7-13(8-6-12)21-15(16)17/h5-8,11,15H,2-4,9-10H2,1H3,(H,18,20)/p+1/t11-/m0/s1. The van der Waals surface area contributed by atoms with E-state index in [4.69, 9.17) is 0 Å². The van der Waals surface area contributed by atoms with Gasteiger partial charge in [-0.3, -0.25) is 4.79 Å². The van der Waals surface area contributed by atoms with E-state index >= 15 is 0 Å². The van der Waals surface area contributed by atoms with Gasteiger partial charge in [-0.05, 0) is 50.5 Å². The van der Waals surface area contributed by atoms with Crippen LogP contribution in [0.4, 0.5) is 14.5 Å². The van der Waals surface area contributed by atoms with Crippen molar-refractivity contribution in [3.05, 3.63) is 24.3 Å². The summed E-state index contributed by atoms with van der Waals surface area (Å²) in [6.45, 7) is 4.02. The number of benzene rings is 1. The normalized spacial score (nSPS) is 17.7. The molecule has 1 aromatic carbocycles. The van der Waals surface area contributed by atoms with Gasteiger partial charge in [-0.15, -0.1) is 0 Å². The van der Waals surface area contributed by atoms with E-state index in [-0.39, 0.29) is 11.9 Å². The largest absolute Gasteiger partial charge is 0.325 e. The quantitative estimate of drug-likeness (QED) is 0.818. The van der Waals surface area contributed by atoms with Crippen molar-refractivity contribution in [2.45, 2.75) is 42.9 Å². The maximum atomic E-state index is 12.2. The Morgan fingerprint density at radius 2 is 1.81 bits per heavy atom. The van der Waals surface area contributed by atoms with Crippen molar-refractivity contribution < 1.29 is 18.5 Å². The number of quaternary nitrogens is 1. The van der Waals surface area contributed by atoms with Gasteiger partial charge < -0.3 is 10.2 Å². The van der Waals surface area contributed by atoms with Crippen LogP contribution in [0.15, 0.2) is 29.2 Å². The topological polar surface area (TPSA) is 33.5 Å². The van der Waals surface area contributed by atoms with Gasteiger partial charge in [0.2, 0.25) is 0 Å². The van der Waals surface area contributed by atoms with Gasteiger partial charge >= 0.3 is 0 Å². The van der Waals surface area contributed by atoms with Crippen molar-refractivity contribution >= 4 is 23.4 Å². The molecule has 3 nitrogen and oxygen atoms in total. The second-order valence-corrected chi connectivity index (χ2v) is 6.40. The van der Waals surface area contributed by atoms with Crippen LogP contribution in [0.5, 0.6) is 0 Å². The van der Waals surface area contributed by atoms with E-state index in [1.165, 1.54) is 24.2 Å². The zero-order valence-electron chi connectivity index (χ0n) is 12.1. The zero-order valence-corrected chi connectivity index (χ0v) is 12.9. The van der Waals surface area contributed by atoms with Crippen molar-refractivity contribution in [3.63, 3.8) is 0 Å². The van der Waals surface area contributed by atoms with Crippen molar-refractivity contribution in [2.75, 3.05) is 18.4 Å². The molecule has 0 radical (unpaired) electrons. The van der Waals surface area contributed by atoms with E-state index in [1.807, 2.05) is 6.92 Å². The third-order valence-electron chi connectivity index (χ3n) is 3.85. The molecule has 1 saturated heterocycles. The van der Waals surface area contributed by atoms with Gasteiger partial charge in [0, 0.05) is 10.6 Å². The lowest BCUT2D eigenvalue weighted by molar-refractivity contribution is -0.918. The molecule has 1 heterocycles. The summed E-state index contributed by atoms with van der Waals surface area (Å²) in [4.78, 5) is 14.0. The van der Waals surface area contributed by atoms with E-state index in [0.29, 0.717) is 22.3 Å². The van der Waals surface area contributed by atoms with E-state index < -0.39 is 5.76 Å². The second-order valence-electron chi connectivity index (χ2n) is 5.33. The highest BCUT2D eigenvalue weighted by Gasteiger charge is 2.26. The molecule has 0 saturated carbocycles. The molecule has 21 heavy (non-hydrogen) atoms. The van der Waals surface area contributed by atoms with Crippen molar-refractivity contribution in [1.82, 2.24) is 0 Å². The van der Waals surface area contributed by atoms with Gasteiger partial charge in [-0.25, -0.2) is 0 Å². The van der Waals surface area contributed by atoms with Gasteiger partial charge in [0.15, 0.2) is 6.04 Å². The Kier molecular flexibility index (Phi) is 5.99. The first kappa shape index (κ1) is 16.2. The minimum Gasteiger partial charge on any atom is -0.325 e. The van der Waals surface area contributed by atoms with Gasteiger partial charge in [-0.2, -0.15) is 8.78 Å². The molecule has 116 valence electrons. The van der Waals surface area contributed by atoms with Crippen LogP contribution in [0.1, 0.15) is 26.2 Å². The number of hydrogen-bond acceptors (Lipinski definition) is 2. The van der Waals surface area contributed by atoms with E-state index in [0.717, 1.165) is 13.1 Å². The Morgan fingerprint density at radius 3 is 2.38 bits per heavy atom. The van der Waals surface area contributed by atoms with E-state index in [1.54, 1.807) is 24.3 Å². The molecule has 6 heteroatoms. The first-order valence-electron chi connectivity index (χ1n) is 7.26. The molecule has 1 aliphatic rings. The highest BCUT2D eigenvalue weighted by molar-refractivity contribution is 7.99. The van der Waals surface area contributed by atoms with Crippen LogP contribution >= 0.6 is 11.8 Å². The Hall–Kier alpha value is -1.14. The van der Waals surface area contributed by atoms with Crippen LogP contribution < -0.4 is 10.2 Å². The monoisotopic (exact) mass is 315 g/mol. The van der Waals surface area contributed by atoms with E-state index in [9.17, 15) is 13.6 Å². The average molecular weight is 315 g/mol. The molecule has 0 bridgehead atoms. The first-order valence-corrected chi connectivity index (χ1v) is 8.14. The van der Waals surface area contributed by atoms with Crippen molar-refractivity contribution in [3.8, 4) is 0 Å². The Balaban J connectivity index is 1.89. The molecule has 0 aliphatic carbocycles. The highest BCUT2D eigenvalue weighted by atomic mass is 32.2. The number of rotatable bonds is 5. The SMILES string of the molecule is C[C@@H](C(=O)Nc1ccc(SC(F)F)cc1)[NH+]1CCCCC1. The molecule has 1 amide bonds. The summed E-state index contributed by atoms with van der Waals surface area (Å²) < 4.78 is 24.5. The number of alkyl halides is 2. The molecule has 2 N–H and O–H groups in total. The molecule has 1 aromatic rings. The molecule has 1 atom stereocenters. The lowest BCUT2D eigenvalue weighted by Crippen LogP contribution is -3.17. The summed E-state index contributed by atoms with van der Waals surface area (Å²) in [6, 6.07) is 6.46. The van der Waals surface area contributed by atoms with Gasteiger partial charge in [-0.1, -0.05) is 11.8 Å². The average Bonchev–Trinajstić information content (AvgIpc) is 2.49. The number of carbonyl (C=O) groups is 1. The minimum absolute atomic E-state index is 0.0128. The molecule has 1 fully saturated rings. The van der Waals surface area contributed by atoms with E-state index in [2.05, 4.69) is 5.32 Å². The minimum atomic E-state index is -2.42. The number of carbonyl (C=O) groups excluding carboxylic acids is 1. The van der Waals surface area contributed by atoms with Crippen molar-refractivity contribution in [1.29, 1.82) is 0 Å². The number of likely N-dealkylation sites (tertiary alicyclic amines) is 1. The van der Waals surface area contributed by atoms with Crippen LogP contribution in [0.25, 0.3) is 0 Å². The van der Waals surface area contributed by atoms with Crippen LogP contribution in [0.3, 0.4) is 0 Å². The lowest BCUT2D eigenvalue weighted by Gasteiger charge is -2.28.